The summed E-state index contributed by atoms with van der Waals surface area (Å²) in [4.78, 5) is 22.5. The molecule has 0 amide bonds. The molecule has 2 unspecified atom stereocenters. The van der Waals surface area contributed by atoms with Crippen molar-refractivity contribution in [3.8, 4) is 0 Å². The third-order valence-electron chi connectivity index (χ3n) is 2.82. The summed E-state index contributed by atoms with van der Waals surface area (Å²) in [5.41, 5.74) is 0. The van der Waals surface area contributed by atoms with E-state index in [1.807, 2.05) is 0 Å². The third-order valence-corrected chi connectivity index (χ3v) is 2.82. The van der Waals surface area contributed by atoms with E-state index in [1.54, 1.807) is 0 Å². The molecular weight excluding hydrogens is 240 g/mol. The zero-order valence-corrected chi connectivity index (χ0v) is 10.5. The average Bonchev–Trinajstić information content (AvgIpc) is 2.43. The second-order valence-corrected chi connectivity index (χ2v) is 4.40. The topological polar surface area (TPSA) is 93.1 Å². The van der Waals surface area contributed by atoms with E-state index in [2.05, 4.69) is 6.92 Å². The van der Waals surface area contributed by atoms with Gasteiger partial charge in [-0.1, -0.05) is 32.6 Å². The van der Waals surface area contributed by atoms with Gasteiger partial charge in [0.05, 0.1) is 0 Å². The highest BCUT2D eigenvalue weighted by molar-refractivity contribution is 5.86. The Morgan fingerprint density at radius 3 is 1.94 bits per heavy atom. The van der Waals surface area contributed by atoms with E-state index in [1.165, 1.54) is 0 Å². The number of ether oxygens (including phenoxy) is 2. The van der Waals surface area contributed by atoms with Gasteiger partial charge >= 0.3 is 11.9 Å². The standard InChI is InChI=1S/C12H20O6/c1-2-3-4-5-6-7-8-17-11(15)9(13)10(14)12(16)18-8/h8-10,13-14H,2-7H2,1H3. The van der Waals surface area contributed by atoms with E-state index in [9.17, 15) is 19.8 Å². The molecular formula is C12H20O6. The van der Waals surface area contributed by atoms with Crippen molar-refractivity contribution in [2.45, 2.75) is 63.9 Å². The van der Waals surface area contributed by atoms with E-state index in [-0.39, 0.29) is 0 Å². The quantitative estimate of drug-likeness (QED) is 0.533. The summed E-state index contributed by atoms with van der Waals surface area (Å²) < 4.78 is 9.56. The summed E-state index contributed by atoms with van der Waals surface area (Å²) in [6, 6.07) is 0. The lowest BCUT2D eigenvalue weighted by molar-refractivity contribution is -0.184. The maximum Gasteiger partial charge on any atom is 0.341 e. The van der Waals surface area contributed by atoms with Gasteiger partial charge in [-0.25, -0.2) is 9.59 Å². The van der Waals surface area contributed by atoms with E-state index in [0.29, 0.717) is 6.42 Å². The van der Waals surface area contributed by atoms with Crippen LogP contribution in [0.4, 0.5) is 0 Å². The van der Waals surface area contributed by atoms with Crippen LogP contribution in [-0.2, 0) is 19.1 Å². The molecule has 1 heterocycles. The molecule has 6 heteroatoms. The molecule has 18 heavy (non-hydrogen) atoms. The first-order chi connectivity index (χ1) is 8.56. The van der Waals surface area contributed by atoms with E-state index in [4.69, 9.17) is 9.47 Å². The number of carbonyl (C=O) groups is 2. The van der Waals surface area contributed by atoms with Gasteiger partial charge in [0.25, 0.3) is 0 Å². The number of esters is 2. The Balaban J connectivity index is 2.37. The molecule has 1 aliphatic rings. The largest absolute Gasteiger partial charge is 0.423 e. The summed E-state index contributed by atoms with van der Waals surface area (Å²) in [5.74, 6) is -2.04. The first-order valence-corrected chi connectivity index (χ1v) is 6.33. The smallest absolute Gasteiger partial charge is 0.341 e. The molecule has 104 valence electrons. The van der Waals surface area contributed by atoms with Crippen LogP contribution in [0.25, 0.3) is 0 Å². The van der Waals surface area contributed by atoms with Gasteiger partial charge in [0.2, 0.25) is 6.29 Å². The SMILES string of the molecule is CCCCCCCC1OC(=O)C(O)C(O)C(=O)O1. The van der Waals surface area contributed by atoms with Gasteiger partial charge in [-0.3, -0.25) is 0 Å². The summed E-state index contributed by atoms with van der Waals surface area (Å²) in [6.45, 7) is 2.11. The molecule has 0 bridgehead atoms. The summed E-state index contributed by atoms with van der Waals surface area (Å²) in [6.07, 6.45) is 0.746. The zero-order valence-electron chi connectivity index (χ0n) is 10.5. The molecule has 1 saturated heterocycles. The molecule has 1 aliphatic heterocycles. The highest BCUT2D eigenvalue weighted by atomic mass is 16.7. The Morgan fingerprint density at radius 1 is 0.944 bits per heavy atom. The first-order valence-electron chi connectivity index (χ1n) is 6.33. The van der Waals surface area contributed by atoms with Crippen molar-refractivity contribution in [3.63, 3.8) is 0 Å². The Bertz CT molecular complexity index is 268. The lowest BCUT2D eigenvalue weighted by Gasteiger charge is -2.14. The van der Waals surface area contributed by atoms with Crippen LogP contribution in [0.3, 0.4) is 0 Å². The molecule has 0 aliphatic carbocycles. The highest BCUT2D eigenvalue weighted by Crippen LogP contribution is 2.16. The fourth-order valence-electron chi connectivity index (χ4n) is 1.71. The molecule has 0 aromatic rings. The molecule has 0 spiro atoms. The van der Waals surface area contributed by atoms with Gasteiger partial charge in [-0.05, 0) is 6.42 Å². The van der Waals surface area contributed by atoms with Gasteiger partial charge in [0, 0.05) is 6.42 Å². The van der Waals surface area contributed by atoms with Crippen molar-refractivity contribution in [3.05, 3.63) is 0 Å². The normalized spacial score (nSPS) is 28.5. The lowest BCUT2D eigenvalue weighted by atomic mass is 10.1. The highest BCUT2D eigenvalue weighted by Gasteiger charge is 2.39. The molecule has 1 rings (SSSR count). The fraction of sp³-hybridized carbons (Fsp3) is 0.833. The van der Waals surface area contributed by atoms with Crippen LogP contribution in [0.15, 0.2) is 0 Å². The second kappa shape index (κ2) is 7.33. The van der Waals surface area contributed by atoms with Crippen LogP contribution in [0.1, 0.15) is 45.4 Å². The minimum absolute atomic E-state index is 0.390. The minimum Gasteiger partial charge on any atom is -0.423 e. The number of hydrogen-bond acceptors (Lipinski definition) is 6. The third kappa shape index (κ3) is 4.27. The van der Waals surface area contributed by atoms with Crippen molar-refractivity contribution in [2.75, 3.05) is 0 Å². The van der Waals surface area contributed by atoms with Crippen molar-refractivity contribution >= 4 is 11.9 Å². The van der Waals surface area contributed by atoms with Gasteiger partial charge in [-0.15, -0.1) is 0 Å². The lowest BCUT2D eigenvalue weighted by Crippen LogP contribution is -2.38. The van der Waals surface area contributed by atoms with Crippen molar-refractivity contribution in [2.24, 2.45) is 0 Å². The van der Waals surface area contributed by atoms with Gasteiger partial charge in [-0.2, -0.15) is 0 Å². The molecule has 0 aromatic carbocycles. The molecule has 6 nitrogen and oxygen atoms in total. The van der Waals surface area contributed by atoms with E-state index in [0.717, 1.165) is 32.1 Å². The Kier molecular flexibility index (Phi) is 6.07. The van der Waals surface area contributed by atoms with Crippen molar-refractivity contribution in [1.82, 2.24) is 0 Å². The number of aliphatic hydroxyl groups is 2. The summed E-state index contributed by atoms with van der Waals surface area (Å²) in [7, 11) is 0. The number of carbonyl (C=O) groups excluding carboxylic acids is 2. The second-order valence-electron chi connectivity index (χ2n) is 4.40. The summed E-state index contributed by atoms with van der Waals surface area (Å²) in [5, 5.41) is 18.5. The van der Waals surface area contributed by atoms with Crippen LogP contribution in [0.2, 0.25) is 0 Å². The first kappa shape index (κ1) is 14.9. The number of aliphatic hydroxyl groups excluding tert-OH is 2. The molecule has 2 atom stereocenters. The van der Waals surface area contributed by atoms with Crippen molar-refractivity contribution < 1.29 is 29.3 Å². The van der Waals surface area contributed by atoms with Crippen LogP contribution in [0.5, 0.6) is 0 Å². The maximum atomic E-state index is 11.3. The van der Waals surface area contributed by atoms with Gasteiger partial charge in [0.15, 0.2) is 12.2 Å². The van der Waals surface area contributed by atoms with E-state index < -0.39 is 30.4 Å². The van der Waals surface area contributed by atoms with E-state index >= 15 is 0 Å². The predicted octanol–water partition coefficient (Wildman–Crippen LogP) is 0.495. The maximum absolute atomic E-state index is 11.3. The molecule has 0 saturated carbocycles. The van der Waals surface area contributed by atoms with Crippen LogP contribution < -0.4 is 0 Å². The minimum atomic E-state index is -1.86. The average molecular weight is 260 g/mol. The molecule has 0 aromatic heterocycles. The Hall–Kier alpha value is -1.14. The fourth-order valence-corrected chi connectivity index (χ4v) is 1.71. The van der Waals surface area contributed by atoms with Gasteiger partial charge < -0.3 is 19.7 Å². The van der Waals surface area contributed by atoms with Crippen LogP contribution >= 0.6 is 0 Å². The molecule has 2 N–H and O–H groups in total. The van der Waals surface area contributed by atoms with Crippen molar-refractivity contribution in [1.29, 1.82) is 0 Å². The zero-order chi connectivity index (χ0) is 13.5. The number of rotatable bonds is 6. The van der Waals surface area contributed by atoms with Crippen LogP contribution in [-0.4, -0.2) is 40.6 Å². The number of unbranched alkanes of at least 4 members (excludes halogenated alkanes) is 4. The number of hydrogen-bond donors (Lipinski definition) is 2. The Labute approximate surface area is 106 Å². The predicted molar refractivity (Wildman–Crippen MR) is 61.4 cm³/mol. The number of cyclic esters (lactones) is 2. The van der Waals surface area contributed by atoms with Gasteiger partial charge in [0.1, 0.15) is 0 Å². The van der Waals surface area contributed by atoms with Crippen LogP contribution in [0, 0.1) is 0 Å². The molecule has 1 fully saturated rings. The summed E-state index contributed by atoms with van der Waals surface area (Å²) >= 11 is 0. The molecule has 0 radical (unpaired) electrons. The Morgan fingerprint density at radius 2 is 1.44 bits per heavy atom. The monoisotopic (exact) mass is 260 g/mol.